The molecule has 0 heterocycles. The maximum absolute atomic E-state index is 12.3. The molecule has 41 heavy (non-hydrogen) atoms. The first-order valence-corrected chi connectivity index (χ1v) is 17.0. The van der Waals surface area contributed by atoms with Gasteiger partial charge in [-0.1, -0.05) is 117 Å². The summed E-state index contributed by atoms with van der Waals surface area (Å²) in [7, 11) is -4.80. The highest BCUT2D eigenvalue weighted by atomic mass is 32.2. The van der Waals surface area contributed by atoms with Gasteiger partial charge in [-0.25, -0.2) is 4.79 Å². The van der Waals surface area contributed by atoms with Crippen LogP contribution < -0.4 is 5.11 Å². The average molecular weight is 617 g/mol. The Balaban J connectivity index is 0.0000160. The zero-order valence-corrected chi connectivity index (χ0v) is 29.0. The zero-order valence-electron chi connectivity index (χ0n) is 26.2. The number of benzene rings is 1. The fraction of sp³-hybridized carbons (Fsp3) is 0.750. The summed E-state index contributed by atoms with van der Waals surface area (Å²) in [6.07, 6.45) is 23.7. The molecule has 0 bridgehead atoms. The van der Waals surface area contributed by atoms with Gasteiger partial charge >= 0.3 is 5.97 Å². The van der Waals surface area contributed by atoms with Gasteiger partial charge in [0.05, 0.1) is 18.1 Å². The van der Waals surface area contributed by atoms with Gasteiger partial charge in [-0.2, -0.15) is 8.42 Å². The zero-order chi connectivity index (χ0) is 29.9. The molecule has 0 aliphatic heterocycles. The topological polar surface area (TPSA) is 121 Å². The molecule has 0 spiro atoms. The molecule has 1 aromatic carbocycles. The third-order valence-corrected chi connectivity index (χ3v) is 8.88. The highest BCUT2D eigenvalue weighted by Crippen LogP contribution is 2.41. The van der Waals surface area contributed by atoms with Crippen LogP contribution in [-0.2, 0) is 14.9 Å². The van der Waals surface area contributed by atoms with E-state index in [4.69, 9.17) is 4.74 Å². The predicted octanol–water partition coefficient (Wildman–Crippen LogP) is 7.70. The first-order valence-electron chi connectivity index (χ1n) is 15.6. The fourth-order valence-electron chi connectivity index (χ4n) is 5.52. The summed E-state index contributed by atoms with van der Waals surface area (Å²) < 4.78 is 37.7. The molecular weight excluding hydrogens is 559 g/mol. The first kappa shape index (κ1) is 39.5. The van der Waals surface area contributed by atoms with Crippen LogP contribution in [0, 0.1) is 5.41 Å². The second-order valence-corrected chi connectivity index (χ2v) is 12.7. The van der Waals surface area contributed by atoms with Gasteiger partial charge < -0.3 is 14.6 Å². The number of carbonyl (C=O) groups excluding carboxylic acids is 2. The van der Waals surface area contributed by atoms with E-state index in [9.17, 15) is 27.7 Å². The molecule has 0 saturated heterocycles. The Morgan fingerprint density at radius 1 is 0.756 bits per heavy atom. The molecule has 7 nitrogen and oxygen atoms in total. The van der Waals surface area contributed by atoms with Crippen molar-refractivity contribution in [2.75, 3.05) is 6.61 Å². The Bertz CT molecular complexity index is 956. The number of carboxylic acid groups (broad SMARTS) is 1. The lowest BCUT2D eigenvalue weighted by Gasteiger charge is -2.35. The van der Waals surface area contributed by atoms with Crippen LogP contribution in [0.3, 0.4) is 0 Å². The van der Waals surface area contributed by atoms with Crippen LogP contribution in [0.25, 0.3) is 0 Å². The van der Waals surface area contributed by atoms with E-state index in [1.165, 1.54) is 96.3 Å². The average Bonchev–Trinajstić information content (AvgIpc) is 2.93. The summed E-state index contributed by atoms with van der Waals surface area (Å²) >= 11 is 0. The lowest BCUT2D eigenvalue weighted by atomic mass is 9.71. The van der Waals surface area contributed by atoms with Crippen molar-refractivity contribution in [2.45, 2.75) is 148 Å². The lowest BCUT2D eigenvalue weighted by Crippen LogP contribution is -2.23. The van der Waals surface area contributed by atoms with Crippen molar-refractivity contribution in [3.8, 4) is 0 Å². The number of aromatic carboxylic acids is 1. The Labute approximate surface area is 253 Å². The molecule has 0 radical (unpaired) electrons. The van der Waals surface area contributed by atoms with Gasteiger partial charge in [-0.3, -0.25) is 4.55 Å². The Kier molecular flexibility index (Phi) is 21.3. The molecule has 1 atom stereocenters. The summed E-state index contributed by atoms with van der Waals surface area (Å²) in [5, 5.41) is 11.0. The largest absolute Gasteiger partial charge is 0.545 e. The number of esters is 1. The Hall–Kier alpha value is -1.50. The summed E-state index contributed by atoms with van der Waals surface area (Å²) in [5.74, 6) is -2.53. The molecule has 9 heteroatoms. The van der Waals surface area contributed by atoms with Gasteiger partial charge in [0.25, 0.3) is 10.1 Å². The van der Waals surface area contributed by atoms with Crippen LogP contribution >= 0.6 is 9.90 Å². The molecule has 0 aromatic heterocycles. The molecular formula is C32H57O7PS. The number of unbranched alkanes of at least 4 members (excludes halogenated alkanes) is 11. The van der Waals surface area contributed by atoms with Crippen molar-refractivity contribution >= 4 is 32.0 Å². The quantitative estimate of drug-likeness (QED) is 0.0547. The number of hydrogen-bond donors (Lipinski definition) is 1. The summed E-state index contributed by atoms with van der Waals surface area (Å²) in [6, 6.07) is 2.75. The number of hydrogen-bond acceptors (Lipinski definition) is 6. The number of ether oxygens (including phenoxy) is 1. The van der Waals surface area contributed by atoms with Gasteiger partial charge in [0.1, 0.15) is 4.90 Å². The Morgan fingerprint density at radius 2 is 1.20 bits per heavy atom. The third kappa shape index (κ3) is 16.1. The van der Waals surface area contributed by atoms with Crippen molar-refractivity contribution in [2.24, 2.45) is 5.41 Å². The Morgan fingerprint density at radius 3 is 1.63 bits per heavy atom. The van der Waals surface area contributed by atoms with Crippen LogP contribution in [0.1, 0.15) is 163 Å². The van der Waals surface area contributed by atoms with E-state index in [1.54, 1.807) is 0 Å². The van der Waals surface area contributed by atoms with E-state index < -0.39 is 38.1 Å². The van der Waals surface area contributed by atoms with Crippen LogP contribution in [0.4, 0.5) is 0 Å². The van der Waals surface area contributed by atoms with E-state index in [1.807, 2.05) is 0 Å². The minimum Gasteiger partial charge on any atom is -0.545 e. The molecule has 0 fully saturated rings. The summed E-state index contributed by atoms with van der Waals surface area (Å²) in [6.45, 7) is 7.05. The number of carboxylic acids is 1. The second kappa shape index (κ2) is 22.1. The van der Waals surface area contributed by atoms with Crippen molar-refractivity contribution in [3.05, 3.63) is 29.3 Å². The first-order chi connectivity index (χ1) is 19.1. The van der Waals surface area contributed by atoms with E-state index in [0.717, 1.165) is 31.4 Å². The lowest BCUT2D eigenvalue weighted by molar-refractivity contribution is -0.255. The predicted molar refractivity (Wildman–Crippen MR) is 171 cm³/mol. The summed E-state index contributed by atoms with van der Waals surface area (Å²) in [4.78, 5) is 22.5. The maximum atomic E-state index is 12.3. The van der Waals surface area contributed by atoms with Crippen LogP contribution in [0.5, 0.6) is 0 Å². The van der Waals surface area contributed by atoms with Crippen molar-refractivity contribution in [1.29, 1.82) is 0 Å². The van der Waals surface area contributed by atoms with Crippen molar-refractivity contribution in [1.82, 2.24) is 0 Å². The fourth-order valence-corrected chi connectivity index (χ4v) is 6.22. The molecule has 1 unspecified atom stereocenters. The van der Waals surface area contributed by atoms with Gasteiger partial charge in [0, 0.05) is 0 Å². The van der Waals surface area contributed by atoms with Crippen molar-refractivity contribution in [3.63, 3.8) is 0 Å². The van der Waals surface area contributed by atoms with Crippen LogP contribution in [0.2, 0.25) is 0 Å². The smallest absolute Gasteiger partial charge is 0.339 e. The van der Waals surface area contributed by atoms with Crippen LogP contribution in [0.15, 0.2) is 23.1 Å². The van der Waals surface area contributed by atoms with E-state index in [0.29, 0.717) is 17.9 Å². The molecule has 0 aliphatic rings. The normalized spacial score (nSPS) is 11.7. The molecule has 1 N–H and O–H groups in total. The minimum absolute atomic E-state index is 0. The van der Waals surface area contributed by atoms with Gasteiger partial charge in [0.15, 0.2) is 0 Å². The molecule has 0 saturated carbocycles. The van der Waals surface area contributed by atoms with Crippen molar-refractivity contribution < 1.29 is 32.4 Å². The molecule has 0 amide bonds. The van der Waals surface area contributed by atoms with Crippen LogP contribution in [-0.4, -0.2) is 31.5 Å². The number of rotatable bonds is 24. The van der Waals surface area contributed by atoms with E-state index in [2.05, 4.69) is 20.8 Å². The summed E-state index contributed by atoms with van der Waals surface area (Å²) in [5.41, 5.74) is -0.284. The standard InChI is InChI=1S/C32H54O7S.H3P/c1-4-7-21-32(22-8-5-2,23-9-6-3)24-17-15-13-11-10-12-14-16-18-25-39-31(35)28-20-19-27(30(33)34)26-29(28)40(36,37)38;/h19-20,26H,4-18,21-25H2,1-3H3,(H,33,34)(H,36,37,38);1H3. The highest BCUT2D eigenvalue weighted by molar-refractivity contribution is 7.86. The van der Waals surface area contributed by atoms with Gasteiger partial charge in [-0.15, -0.1) is 0 Å². The van der Waals surface area contributed by atoms with Gasteiger partial charge in [0.2, 0.25) is 0 Å². The number of carbonyl (C=O) groups is 2. The molecule has 1 aromatic rings. The minimum atomic E-state index is -4.80. The van der Waals surface area contributed by atoms with E-state index in [-0.39, 0.29) is 16.5 Å². The van der Waals surface area contributed by atoms with Gasteiger partial charge in [-0.05, 0) is 65.1 Å². The highest BCUT2D eigenvalue weighted by Gasteiger charge is 2.27. The molecule has 1 rings (SSSR count). The second-order valence-electron chi connectivity index (χ2n) is 11.4. The monoisotopic (exact) mass is 616 g/mol. The van der Waals surface area contributed by atoms with E-state index >= 15 is 0 Å². The SMILES string of the molecule is CCCCC(CCCC)(CCCC)CCCCCCCCCCCOC(=O)c1ccc(C(=O)[O-])cc1S(=O)(=O)O.[PH4+]. The maximum Gasteiger partial charge on any atom is 0.339 e. The molecule has 0 aliphatic carbocycles. The third-order valence-electron chi connectivity index (χ3n) is 7.98. The molecule has 238 valence electrons.